The van der Waals surface area contributed by atoms with Gasteiger partial charge in [0, 0.05) is 0 Å². The minimum absolute atomic E-state index is 0. The molecule has 56 valence electrons. The van der Waals surface area contributed by atoms with E-state index in [1.807, 2.05) is 0 Å². The third kappa shape index (κ3) is 23.3. The standard InChI is InChI=1S/CH6O6P2.3Na/c2-8(3,4)1-9(5,6)7;;;/h1H2,(H2,2,3,4)(H2,5,6,7);;;/q;3*+1/p-1. The second-order valence-corrected chi connectivity index (χ2v) is 5.18. The van der Waals surface area contributed by atoms with Crippen LogP contribution < -0.4 is 93.6 Å². The Morgan fingerprint density at radius 1 is 1.00 bits per heavy atom. The van der Waals surface area contributed by atoms with Gasteiger partial charge in [-0.05, 0) is 0 Å². The Balaban J connectivity index is -0.000000107. The molecule has 0 aliphatic rings. The monoisotopic (exact) mass is 244 g/mol. The van der Waals surface area contributed by atoms with Crippen LogP contribution in [0.15, 0.2) is 0 Å². The minimum Gasteiger partial charge on any atom is -0.778 e. The molecular weight excluding hydrogens is 239 g/mol. The first kappa shape index (κ1) is 24.5. The van der Waals surface area contributed by atoms with Crippen LogP contribution >= 0.6 is 15.2 Å². The maximum atomic E-state index is 9.81. The molecule has 1 unspecified atom stereocenters. The van der Waals surface area contributed by atoms with Gasteiger partial charge in [0.15, 0.2) is 0 Å². The van der Waals surface area contributed by atoms with Crippen molar-refractivity contribution in [1.29, 1.82) is 0 Å². The zero-order chi connectivity index (χ0) is 7.71. The summed E-state index contributed by atoms with van der Waals surface area (Å²) in [5.41, 5.74) is 0. The predicted molar refractivity (Wildman–Crippen MR) is 26.7 cm³/mol. The zero-order valence-corrected chi connectivity index (χ0v) is 15.0. The average Bonchev–Trinajstić information content (AvgIpc) is 1.14. The number of hydrogen-bond acceptors (Lipinski definition) is 3. The molecule has 12 heavy (non-hydrogen) atoms. The quantitative estimate of drug-likeness (QED) is 0.328. The molecule has 0 fully saturated rings. The summed E-state index contributed by atoms with van der Waals surface area (Å²) in [4.78, 5) is 33.5. The molecule has 0 amide bonds. The van der Waals surface area contributed by atoms with Crippen LogP contribution in [0.1, 0.15) is 0 Å². The van der Waals surface area contributed by atoms with Crippen molar-refractivity contribution in [3.63, 3.8) is 0 Å². The van der Waals surface area contributed by atoms with Gasteiger partial charge in [0.1, 0.15) is 13.5 Å². The summed E-state index contributed by atoms with van der Waals surface area (Å²) in [5, 5.41) is 0. The Kier molecular flexibility index (Phi) is 19.4. The van der Waals surface area contributed by atoms with Gasteiger partial charge < -0.3 is 24.1 Å². The van der Waals surface area contributed by atoms with Crippen molar-refractivity contribution < 1.29 is 117 Å². The molecule has 0 saturated carbocycles. The Morgan fingerprint density at radius 2 is 1.25 bits per heavy atom. The van der Waals surface area contributed by atoms with E-state index < -0.39 is 21.1 Å². The summed E-state index contributed by atoms with van der Waals surface area (Å²) in [6.45, 7) is 0. The average molecular weight is 244 g/mol. The molecular formula is CH5Na3O6P2+2. The van der Waals surface area contributed by atoms with E-state index >= 15 is 0 Å². The molecule has 0 bridgehead atoms. The molecule has 1 atom stereocenters. The second-order valence-electron chi connectivity index (χ2n) is 1.44. The summed E-state index contributed by atoms with van der Waals surface area (Å²) >= 11 is 0. The van der Waals surface area contributed by atoms with Crippen molar-refractivity contribution in [2.45, 2.75) is 0 Å². The largest absolute Gasteiger partial charge is 1.00 e. The summed E-state index contributed by atoms with van der Waals surface area (Å²) in [6, 6.07) is 0. The summed E-state index contributed by atoms with van der Waals surface area (Å²) in [5.74, 6) is -1.49. The van der Waals surface area contributed by atoms with Crippen molar-refractivity contribution in [2.24, 2.45) is 0 Å². The maximum Gasteiger partial charge on any atom is 1.00 e. The third-order valence-electron chi connectivity index (χ3n) is 0.363. The Bertz CT molecular complexity index is 161. The molecule has 11 heteroatoms. The third-order valence-corrected chi connectivity index (χ3v) is 3.27. The van der Waals surface area contributed by atoms with Crippen LogP contribution in [0.5, 0.6) is 0 Å². The summed E-state index contributed by atoms with van der Waals surface area (Å²) in [7, 11) is -9.41. The fourth-order valence-electron chi connectivity index (χ4n) is 0.233. The van der Waals surface area contributed by atoms with Crippen molar-refractivity contribution in [3.8, 4) is 0 Å². The first-order chi connectivity index (χ1) is 3.71. The second kappa shape index (κ2) is 9.52. The van der Waals surface area contributed by atoms with Gasteiger partial charge in [-0.25, -0.2) is 0 Å². The molecule has 0 spiro atoms. The van der Waals surface area contributed by atoms with E-state index in [0.717, 1.165) is 0 Å². The fraction of sp³-hybridized carbons (Fsp3) is 1.00. The molecule has 0 aromatic carbocycles. The Morgan fingerprint density at radius 3 is 1.25 bits per heavy atom. The molecule has 0 radical (unpaired) electrons. The number of rotatable bonds is 2. The maximum absolute atomic E-state index is 9.81. The van der Waals surface area contributed by atoms with Crippen molar-refractivity contribution >= 4 is 15.2 Å². The van der Waals surface area contributed by atoms with Crippen molar-refractivity contribution in [1.82, 2.24) is 0 Å². The van der Waals surface area contributed by atoms with Gasteiger partial charge in [-0.2, -0.15) is 0 Å². The van der Waals surface area contributed by atoms with E-state index in [-0.39, 0.29) is 88.7 Å². The van der Waals surface area contributed by atoms with E-state index in [4.69, 9.17) is 14.7 Å². The van der Waals surface area contributed by atoms with E-state index in [0.29, 0.717) is 0 Å². The van der Waals surface area contributed by atoms with Crippen molar-refractivity contribution in [3.05, 3.63) is 0 Å². The van der Waals surface area contributed by atoms with Crippen LogP contribution in [0.2, 0.25) is 0 Å². The van der Waals surface area contributed by atoms with Gasteiger partial charge in [-0.1, -0.05) is 0 Å². The first-order valence-electron chi connectivity index (χ1n) is 1.78. The predicted octanol–water partition coefficient (Wildman–Crippen LogP) is -10.3. The van der Waals surface area contributed by atoms with Crippen LogP contribution in [-0.4, -0.2) is 20.6 Å². The van der Waals surface area contributed by atoms with Crippen molar-refractivity contribution in [2.75, 3.05) is 5.90 Å². The number of hydrogen-bond donors (Lipinski definition) is 3. The first-order valence-corrected chi connectivity index (χ1v) is 5.34. The molecule has 3 N–H and O–H groups in total. The SMILES string of the molecule is O=P([O-])(O)CP(=O)(O)O.[Na+].[Na+].[Na+]. The Hall–Kier alpha value is 3.30. The van der Waals surface area contributed by atoms with Crippen LogP contribution in [0.3, 0.4) is 0 Å². The van der Waals surface area contributed by atoms with E-state index in [1.165, 1.54) is 0 Å². The summed E-state index contributed by atoms with van der Waals surface area (Å²) < 4.78 is 19.5. The van der Waals surface area contributed by atoms with Crippen LogP contribution in [0, 0.1) is 0 Å². The van der Waals surface area contributed by atoms with E-state index in [2.05, 4.69) is 0 Å². The Labute approximate surface area is 136 Å². The van der Waals surface area contributed by atoms with Crippen LogP contribution in [-0.2, 0) is 9.13 Å². The van der Waals surface area contributed by atoms with E-state index in [1.54, 1.807) is 0 Å². The van der Waals surface area contributed by atoms with Gasteiger partial charge >= 0.3 is 96.3 Å². The van der Waals surface area contributed by atoms with Crippen LogP contribution in [0.25, 0.3) is 0 Å². The van der Waals surface area contributed by atoms with Crippen LogP contribution in [0.4, 0.5) is 0 Å². The molecule has 0 aromatic heterocycles. The molecule has 0 aliphatic carbocycles. The van der Waals surface area contributed by atoms with Gasteiger partial charge in [-0.3, -0.25) is 4.57 Å². The fourth-order valence-corrected chi connectivity index (χ4v) is 2.10. The van der Waals surface area contributed by atoms with Gasteiger partial charge in [0.05, 0.1) is 0 Å². The summed E-state index contributed by atoms with van der Waals surface area (Å²) in [6.07, 6.45) is 0. The zero-order valence-electron chi connectivity index (χ0n) is 7.17. The van der Waals surface area contributed by atoms with E-state index in [9.17, 15) is 14.0 Å². The minimum atomic E-state index is -4.80. The molecule has 0 aromatic rings. The normalized spacial score (nSPS) is 14.3. The van der Waals surface area contributed by atoms with Gasteiger partial charge in [0.2, 0.25) is 0 Å². The smallest absolute Gasteiger partial charge is 0.778 e. The van der Waals surface area contributed by atoms with Gasteiger partial charge in [0.25, 0.3) is 0 Å². The molecule has 6 nitrogen and oxygen atoms in total. The molecule has 0 saturated heterocycles. The molecule has 0 heterocycles. The molecule has 0 rings (SSSR count). The topological polar surface area (TPSA) is 118 Å². The van der Waals surface area contributed by atoms with Gasteiger partial charge in [-0.15, -0.1) is 0 Å². The molecule has 0 aliphatic heterocycles.